The van der Waals surface area contributed by atoms with E-state index < -0.39 is 0 Å². The normalized spacial score (nSPS) is 10.5. The number of ether oxygens (including phenoxy) is 2. The van der Waals surface area contributed by atoms with Gasteiger partial charge in [-0.15, -0.1) is 0 Å². The van der Waals surface area contributed by atoms with Gasteiger partial charge in [-0.1, -0.05) is 37.3 Å². The molecule has 0 aliphatic rings. The predicted molar refractivity (Wildman–Crippen MR) is 78.5 cm³/mol. The van der Waals surface area contributed by atoms with Crippen molar-refractivity contribution in [3.8, 4) is 16.9 Å². The van der Waals surface area contributed by atoms with E-state index in [2.05, 4.69) is 43.3 Å². The molecule has 2 aromatic rings. The second-order valence-electron chi connectivity index (χ2n) is 4.47. The zero-order valence-corrected chi connectivity index (χ0v) is 11.8. The average Bonchev–Trinajstić information content (AvgIpc) is 2.48. The summed E-state index contributed by atoms with van der Waals surface area (Å²) in [6.45, 7) is 2.78. The van der Waals surface area contributed by atoms with Crippen LogP contribution in [0.1, 0.15) is 18.1 Å². The molecule has 0 N–H and O–H groups in total. The summed E-state index contributed by atoms with van der Waals surface area (Å²) in [5, 5.41) is 0. The maximum Gasteiger partial charge on any atom is 0.119 e. The number of aryl methyl sites for hydroxylation is 1. The Morgan fingerprint density at radius 1 is 1.00 bits per heavy atom. The van der Waals surface area contributed by atoms with Crippen molar-refractivity contribution < 1.29 is 9.47 Å². The molecule has 19 heavy (non-hydrogen) atoms. The molecule has 2 nitrogen and oxygen atoms in total. The molecule has 0 aliphatic carbocycles. The number of rotatable bonds is 5. The first kappa shape index (κ1) is 13.6. The van der Waals surface area contributed by atoms with Crippen molar-refractivity contribution in [1.82, 2.24) is 0 Å². The molecule has 0 saturated carbocycles. The second-order valence-corrected chi connectivity index (χ2v) is 4.47. The summed E-state index contributed by atoms with van der Waals surface area (Å²) >= 11 is 0. The maximum atomic E-state index is 5.41. The van der Waals surface area contributed by atoms with Crippen LogP contribution in [-0.4, -0.2) is 14.2 Å². The lowest BCUT2D eigenvalue weighted by molar-refractivity contribution is 0.184. The lowest BCUT2D eigenvalue weighted by atomic mass is 9.94. The molecule has 0 aliphatic heterocycles. The van der Waals surface area contributed by atoms with Gasteiger partial charge in [0.2, 0.25) is 0 Å². The van der Waals surface area contributed by atoms with Crippen LogP contribution in [-0.2, 0) is 17.8 Å². The van der Waals surface area contributed by atoms with Crippen LogP contribution in [0.15, 0.2) is 42.5 Å². The number of hydrogen-bond donors (Lipinski definition) is 0. The van der Waals surface area contributed by atoms with E-state index in [0.717, 1.165) is 12.2 Å². The first-order valence-corrected chi connectivity index (χ1v) is 6.54. The summed E-state index contributed by atoms with van der Waals surface area (Å²) < 4.78 is 10.8. The molecule has 0 aromatic heterocycles. The van der Waals surface area contributed by atoms with E-state index in [1.54, 1.807) is 14.2 Å². The van der Waals surface area contributed by atoms with Crippen LogP contribution in [0, 0.1) is 0 Å². The molecule has 100 valence electrons. The van der Waals surface area contributed by atoms with Crippen LogP contribution < -0.4 is 4.74 Å². The Labute approximate surface area is 115 Å². The molecule has 0 spiro atoms. The van der Waals surface area contributed by atoms with E-state index in [0.29, 0.717) is 6.61 Å². The number of benzene rings is 2. The van der Waals surface area contributed by atoms with Crippen LogP contribution >= 0.6 is 0 Å². The summed E-state index contributed by atoms with van der Waals surface area (Å²) in [5.41, 5.74) is 4.92. The van der Waals surface area contributed by atoms with Gasteiger partial charge in [0.05, 0.1) is 13.7 Å². The Morgan fingerprint density at radius 3 is 2.32 bits per heavy atom. The van der Waals surface area contributed by atoms with Gasteiger partial charge in [-0.05, 0) is 40.8 Å². The summed E-state index contributed by atoms with van der Waals surface area (Å²) in [7, 11) is 3.44. The van der Waals surface area contributed by atoms with Crippen molar-refractivity contribution in [2.24, 2.45) is 0 Å². The predicted octanol–water partition coefficient (Wildman–Crippen LogP) is 4.07. The Balaban J connectivity index is 2.62. The zero-order chi connectivity index (χ0) is 13.7. The van der Waals surface area contributed by atoms with Crippen molar-refractivity contribution in [2.45, 2.75) is 20.0 Å². The van der Waals surface area contributed by atoms with Gasteiger partial charge in [-0.25, -0.2) is 0 Å². The molecule has 0 heterocycles. The molecule has 0 radical (unpaired) electrons. The molecule has 0 fully saturated rings. The van der Waals surface area contributed by atoms with Crippen molar-refractivity contribution in [3.05, 3.63) is 53.6 Å². The van der Waals surface area contributed by atoms with Gasteiger partial charge in [-0.2, -0.15) is 0 Å². The minimum Gasteiger partial charge on any atom is -0.497 e. The van der Waals surface area contributed by atoms with Crippen LogP contribution in [0.3, 0.4) is 0 Å². The fourth-order valence-electron chi connectivity index (χ4n) is 2.33. The van der Waals surface area contributed by atoms with Crippen LogP contribution in [0.25, 0.3) is 11.1 Å². The Bertz CT molecular complexity index is 532. The SMILES string of the molecule is CCc1cc(OC)cc(-c2ccccc2)c1COC. The van der Waals surface area contributed by atoms with Gasteiger partial charge in [0, 0.05) is 7.11 Å². The molecule has 2 heteroatoms. The summed E-state index contributed by atoms with van der Waals surface area (Å²) in [6, 6.07) is 14.6. The molecule has 0 unspecified atom stereocenters. The Hall–Kier alpha value is -1.80. The topological polar surface area (TPSA) is 18.5 Å². The number of hydrogen-bond acceptors (Lipinski definition) is 2. The molecule has 2 aromatic carbocycles. The van der Waals surface area contributed by atoms with E-state index in [9.17, 15) is 0 Å². The highest BCUT2D eigenvalue weighted by Gasteiger charge is 2.11. The first-order valence-electron chi connectivity index (χ1n) is 6.54. The lowest BCUT2D eigenvalue weighted by Gasteiger charge is -2.16. The van der Waals surface area contributed by atoms with Crippen molar-refractivity contribution in [3.63, 3.8) is 0 Å². The smallest absolute Gasteiger partial charge is 0.119 e. The van der Waals surface area contributed by atoms with Gasteiger partial charge >= 0.3 is 0 Å². The fourth-order valence-corrected chi connectivity index (χ4v) is 2.33. The fraction of sp³-hybridized carbons (Fsp3) is 0.294. The minimum absolute atomic E-state index is 0.622. The third-order valence-electron chi connectivity index (χ3n) is 3.31. The van der Waals surface area contributed by atoms with Crippen LogP contribution in [0.4, 0.5) is 0 Å². The molecule has 0 saturated heterocycles. The van der Waals surface area contributed by atoms with E-state index in [1.807, 2.05) is 6.07 Å². The van der Waals surface area contributed by atoms with Crippen LogP contribution in [0.2, 0.25) is 0 Å². The zero-order valence-electron chi connectivity index (χ0n) is 11.8. The summed E-state index contributed by atoms with van der Waals surface area (Å²) in [4.78, 5) is 0. The molecule has 0 atom stereocenters. The third kappa shape index (κ3) is 2.96. The first-order chi connectivity index (χ1) is 9.30. The van der Waals surface area contributed by atoms with Crippen molar-refractivity contribution in [1.29, 1.82) is 0 Å². The summed E-state index contributed by atoms with van der Waals surface area (Å²) in [5.74, 6) is 0.899. The largest absolute Gasteiger partial charge is 0.497 e. The highest BCUT2D eigenvalue weighted by atomic mass is 16.5. The Morgan fingerprint density at radius 2 is 1.74 bits per heavy atom. The Kier molecular flexibility index (Phi) is 4.58. The highest BCUT2D eigenvalue weighted by molar-refractivity contribution is 5.70. The van der Waals surface area contributed by atoms with Gasteiger partial charge in [0.25, 0.3) is 0 Å². The van der Waals surface area contributed by atoms with Crippen molar-refractivity contribution >= 4 is 0 Å². The average molecular weight is 256 g/mol. The molecule has 0 bridgehead atoms. The number of methoxy groups -OCH3 is 2. The summed E-state index contributed by atoms with van der Waals surface area (Å²) in [6.07, 6.45) is 0.968. The maximum absolute atomic E-state index is 5.41. The molecule has 2 rings (SSSR count). The lowest BCUT2D eigenvalue weighted by Crippen LogP contribution is -2.00. The van der Waals surface area contributed by atoms with Gasteiger partial charge in [0.1, 0.15) is 5.75 Å². The molecular weight excluding hydrogens is 236 g/mol. The molecular formula is C17H20O2. The second kappa shape index (κ2) is 6.39. The minimum atomic E-state index is 0.622. The van der Waals surface area contributed by atoms with Gasteiger partial charge < -0.3 is 9.47 Å². The van der Waals surface area contributed by atoms with Crippen molar-refractivity contribution in [2.75, 3.05) is 14.2 Å². The third-order valence-corrected chi connectivity index (χ3v) is 3.31. The van der Waals surface area contributed by atoms with E-state index in [1.165, 1.54) is 22.3 Å². The highest BCUT2D eigenvalue weighted by Crippen LogP contribution is 2.32. The van der Waals surface area contributed by atoms with Crippen LogP contribution in [0.5, 0.6) is 5.75 Å². The van der Waals surface area contributed by atoms with Gasteiger partial charge in [-0.3, -0.25) is 0 Å². The van der Waals surface area contributed by atoms with E-state index in [-0.39, 0.29) is 0 Å². The van der Waals surface area contributed by atoms with E-state index in [4.69, 9.17) is 9.47 Å². The standard InChI is InChI=1S/C17H20O2/c1-4-13-10-15(19-3)11-16(17(13)12-18-2)14-8-6-5-7-9-14/h5-11H,4,12H2,1-3H3. The van der Waals surface area contributed by atoms with E-state index >= 15 is 0 Å². The molecule has 0 amide bonds. The monoisotopic (exact) mass is 256 g/mol. The quantitative estimate of drug-likeness (QED) is 0.802. The van der Waals surface area contributed by atoms with Gasteiger partial charge in [0.15, 0.2) is 0 Å².